The molecule has 3 amide bonds. The molecule has 9 heteroatoms. The van der Waals surface area contributed by atoms with Crippen molar-refractivity contribution in [2.24, 2.45) is 5.92 Å². The van der Waals surface area contributed by atoms with Crippen LogP contribution in [0.3, 0.4) is 0 Å². The van der Waals surface area contributed by atoms with Crippen LogP contribution < -0.4 is 10.6 Å². The molecule has 1 heterocycles. The molecule has 2 aliphatic rings. The first-order chi connectivity index (χ1) is 19.7. The van der Waals surface area contributed by atoms with Crippen molar-refractivity contribution in [2.45, 2.75) is 75.4 Å². The van der Waals surface area contributed by atoms with Crippen molar-refractivity contribution >= 4 is 21.8 Å². The lowest BCUT2D eigenvalue weighted by Gasteiger charge is -2.35. The summed E-state index contributed by atoms with van der Waals surface area (Å²) in [4.78, 5) is 31.1. The summed E-state index contributed by atoms with van der Waals surface area (Å²) in [7, 11) is -3.66. The highest BCUT2D eigenvalue weighted by Crippen LogP contribution is 2.27. The van der Waals surface area contributed by atoms with Gasteiger partial charge in [0.05, 0.1) is 4.90 Å². The van der Waals surface area contributed by atoms with Gasteiger partial charge in [-0.15, -0.1) is 0 Å². The van der Waals surface area contributed by atoms with Crippen LogP contribution in [0.5, 0.6) is 0 Å². The summed E-state index contributed by atoms with van der Waals surface area (Å²) in [5.41, 5.74) is 1.19. The second kappa shape index (κ2) is 14.6. The van der Waals surface area contributed by atoms with E-state index in [-0.39, 0.29) is 22.8 Å². The predicted octanol–water partition coefficient (Wildman–Crippen LogP) is 4.39. The Hall–Kier alpha value is -3.17. The van der Waals surface area contributed by atoms with Gasteiger partial charge >= 0.3 is 6.03 Å². The van der Waals surface area contributed by atoms with Gasteiger partial charge in [-0.05, 0) is 62.1 Å². The molecule has 2 aromatic carbocycles. The number of nitrogens with zero attached hydrogens (tertiary/aromatic N) is 2. The van der Waals surface area contributed by atoms with E-state index in [1.165, 1.54) is 23.8 Å². The molecular weight excluding hydrogens is 536 g/mol. The maximum atomic E-state index is 13.5. The summed E-state index contributed by atoms with van der Waals surface area (Å²) < 4.78 is 25.8. The summed E-state index contributed by atoms with van der Waals surface area (Å²) in [5.74, 6) is -0.113. The third kappa shape index (κ3) is 9.71. The van der Waals surface area contributed by atoms with Crippen molar-refractivity contribution in [2.75, 3.05) is 26.2 Å². The number of nitrogens with one attached hydrogen (secondary N) is 2. The molecule has 1 aliphatic carbocycles. The SMILES string of the molecule is CC(C)C[C@H](NC(=O)N1CCN(C2CC2)CC1)C(=O)N[C@H](/C=C/S(=O)(=O)c1ccccc1)CCCc1ccccc1. The Morgan fingerprint density at radius 1 is 0.927 bits per heavy atom. The first-order valence-electron chi connectivity index (χ1n) is 14.8. The van der Waals surface area contributed by atoms with E-state index >= 15 is 0 Å². The van der Waals surface area contributed by atoms with E-state index in [2.05, 4.69) is 27.7 Å². The summed E-state index contributed by atoms with van der Waals surface area (Å²) in [5, 5.41) is 7.20. The number of piperazine rings is 1. The number of sulfone groups is 1. The van der Waals surface area contributed by atoms with Gasteiger partial charge in [-0.3, -0.25) is 9.69 Å². The van der Waals surface area contributed by atoms with Crippen LogP contribution in [0.15, 0.2) is 77.0 Å². The third-order valence-corrected chi connectivity index (χ3v) is 9.14. The van der Waals surface area contributed by atoms with E-state index in [9.17, 15) is 18.0 Å². The lowest BCUT2D eigenvalue weighted by molar-refractivity contribution is -0.123. The van der Waals surface area contributed by atoms with Crippen LogP contribution in [0.1, 0.15) is 51.5 Å². The number of urea groups is 1. The Bertz CT molecular complexity index is 1260. The van der Waals surface area contributed by atoms with Gasteiger partial charge < -0.3 is 15.5 Å². The molecule has 0 unspecified atom stereocenters. The molecule has 0 radical (unpaired) electrons. The van der Waals surface area contributed by atoms with Crippen molar-refractivity contribution in [1.82, 2.24) is 20.4 Å². The fraction of sp³-hybridized carbons (Fsp3) is 0.500. The van der Waals surface area contributed by atoms with Crippen molar-refractivity contribution in [3.05, 3.63) is 77.7 Å². The average molecular weight is 581 g/mol. The van der Waals surface area contributed by atoms with Gasteiger partial charge in [0.15, 0.2) is 9.84 Å². The first kappa shape index (κ1) is 30.8. The number of amides is 3. The van der Waals surface area contributed by atoms with Gasteiger partial charge in [-0.25, -0.2) is 13.2 Å². The molecule has 41 heavy (non-hydrogen) atoms. The number of carbonyl (C=O) groups is 2. The van der Waals surface area contributed by atoms with Gasteiger partial charge in [0, 0.05) is 43.7 Å². The Balaban J connectivity index is 1.42. The molecule has 1 aliphatic heterocycles. The van der Waals surface area contributed by atoms with Crippen molar-refractivity contribution < 1.29 is 18.0 Å². The zero-order valence-corrected chi connectivity index (χ0v) is 25.1. The molecule has 0 aromatic heterocycles. The van der Waals surface area contributed by atoms with E-state index in [1.807, 2.05) is 32.0 Å². The summed E-state index contributed by atoms with van der Waals surface area (Å²) in [6.45, 7) is 7.07. The fourth-order valence-electron chi connectivity index (χ4n) is 5.23. The number of carbonyl (C=O) groups excluding carboxylic acids is 2. The van der Waals surface area contributed by atoms with Crippen LogP contribution in [-0.2, 0) is 21.1 Å². The Kier molecular flexibility index (Phi) is 11.0. The normalized spacial score (nSPS) is 17.9. The van der Waals surface area contributed by atoms with Crippen molar-refractivity contribution in [3.8, 4) is 0 Å². The van der Waals surface area contributed by atoms with Gasteiger partial charge in [0.2, 0.25) is 5.91 Å². The Labute approximate surface area is 245 Å². The number of rotatable bonds is 13. The minimum atomic E-state index is -3.66. The Morgan fingerprint density at radius 2 is 1.56 bits per heavy atom. The maximum Gasteiger partial charge on any atom is 0.318 e. The Morgan fingerprint density at radius 3 is 2.17 bits per heavy atom. The van der Waals surface area contributed by atoms with Gasteiger partial charge in [-0.1, -0.05) is 68.5 Å². The largest absolute Gasteiger partial charge is 0.348 e. The second-order valence-electron chi connectivity index (χ2n) is 11.6. The van der Waals surface area contributed by atoms with Crippen LogP contribution in [0, 0.1) is 5.92 Å². The number of hydrogen-bond donors (Lipinski definition) is 2. The molecule has 2 N–H and O–H groups in total. The molecule has 2 fully saturated rings. The number of aryl methyl sites for hydroxylation is 1. The molecular formula is C32H44N4O4S. The molecule has 1 saturated carbocycles. The lowest BCUT2D eigenvalue weighted by atomic mass is 10.0. The number of benzene rings is 2. The quantitative estimate of drug-likeness (QED) is 0.366. The van der Waals surface area contributed by atoms with Crippen LogP contribution in [-0.4, -0.2) is 74.5 Å². The van der Waals surface area contributed by atoms with Crippen LogP contribution in [0.25, 0.3) is 0 Å². The first-order valence-corrected chi connectivity index (χ1v) is 16.4. The molecule has 2 aromatic rings. The van der Waals surface area contributed by atoms with Gasteiger partial charge in [-0.2, -0.15) is 0 Å². The smallest absolute Gasteiger partial charge is 0.318 e. The highest BCUT2D eigenvalue weighted by atomic mass is 32.2. The highest BCUT2D eigenvalue weighted by Gasteiger charge is 2.33. The van der Waals surface area contributed by atoms with Crippen LogP contribution in [0.2, 0.25) is 0 Å². The summed E-state index contributed by atoms with van der Waals surface area (Å²) >= 11 is 0. The van der Waals surface area contributed by atoms with Crippen LogP contribution in [0.4, 0.5) is 4.79 Å². The average Bonchev–Trinajstić information content (AvgIpc) is 3.82. The third-order valence-electron chi connectivity index (χ3n) is 7.70. The lowest BCUT2D eigenvalue weighted by Crippen LogP contribution is -2.57. The van der Waals surface area contributed by atoms with Gasteiger partial charge in [0.1, 0.15) is 6.04 Å². The zero-order chi connectivity index (χ0) is 29.2. The maximum absolute atomic E-state index is 13.5. The second-order valence-corrected chi connectivity index (χ2v) is 13.4. The van der Waals surface area contributed by atoms with E-state index in [4.69, 9.17) is 0 Å². The van der Waals surface area contributed by atoms with Crippen molar-refractivity contribution in [1.29, 1.82) is 0 Å². The van der Waals surface area contributed by atoms with Gasteiger partial charge in [0.25, 0.3) is 0 Å². The standard InChI is InChI=1S/C32H44N4O4S/c1-25(2)24-30(34-32(38)36-21-19-35(20-22-36)28-16-17-28)31(37)33-27(13-9-12-26-10-5-3-6-11-26)18-23-41(39,40)29-14-7-4-8-15-29/h3-8,10-11,14-15,18,23,25,27-28,30H,9,12-13,16-17,19-22,24H2,1-2H3,(H,33,37)(H,34,38)/b23-18+/t27-,30-/m0/s1. The number of hydrogen-bond acceptors (Lipinski definition) is 5. The van der Waals surface area contributed by atoms with E-state index < -0.39 is 21.9 Å². The molecule has 2 atom stereocenters. The van der Waals surface area contributed by atoms with Crippen molar-refractivity contribution in [3.63, 3.8) is 0 Å². The summed E-state index contributed by atoms with van der Waals surface area (Å²) in [6.07, 6.45) is 6.68. The molecule has 8 nitrogen and oxygen atoms in total. The van der Waals surface area contributed by atoms with Crippen LogP contribution >= 0.6 is 0 Å². The predicted molar refractivity (Wildman–Crippen MR) is 162 cm³/mol. The molecule has 222 valence electrons. The van der Waals surface area contributed by atoms with E-state index in [0.29, 0.717) is 32.0 Å². The minimum absolute atomic E-state index is 0.184. The fourth-order valence-corrected chi connectivity index (χ4v) is 6.32. The molecule has 0 bridgehead atoms. The summed E-state index contributed by atoms with van der Waals surface area (Å²) in [6, 6.07) is 17.6. The molecule has 0 spiro atoms. The molecule has 4 rings (SSSR count). The topological polar surface area (TPSA) is 98.8 Å². The highest BCUT2D eigenvalue weighted by molar-refractivity contribution is 7.94. The monoisotopic (exact) mass is 580 g/mol. The van der Waals surface area contributed by atoms with E-state index in [1.54, 1.807) is 41.3 Å². The molecule has 1 saturated heterocycles. The van der Waals surface area contributed by atoms with E-state index in [0.717, 1.165) is 25.9 Å². The minimum Gasteiger partial charge on any atom is -0.348 e. The zero-order valence-electron chi connectivity index (χ0n) is 24.2.